The van der Waals surface area contributed by atoms with Crippen molar-refractivity contribution in [3.8, 4) is 11.5 Å². The number of hydrogen-bond donors (Lipinski definition) is 1. The Morgan fingerprint density at radius 3 is 2.46 bits per heavy atom. The van der Waals surface area contributed by atoms with Crippen molar-refractivity contribution in [2.45, 2.75) is 52.0 Å². The number of aryl methyl sites for hydroxylation is 3. The molecule has 0 radical (unpaired) electrons. The minimum atomic E-state index is 0.0907. The summed E-state index contributed by atoms with van der Waals surface area (Å²) in [6.45, 7) is 4.26. The molecule has 1 aromatic heterocycles. The Bertz CT molecular complexity index is 1280. The maximum atomic E-state index is 12.3. The van der Waals surface area contributed by atoms with Crippen LogP contribution in [0, 0.1) is 6.92 Å². The maximum Gasteiger partial charge on any atom is 0.224 e. The van der Waals surface area contributed by atoms with Crippen molar-refractivity contribution in [1.29, 1.82) is 0 Å². The molecular formula is C31H37N3O3. The summed E-state index contributed by atoms with van der Waals surface area (Å²) in [4.78, 5) is 17.2. The molecule has 4 aromatic rings. The normalized spacial score (nSPS) is 11.0. The third-order valence-corrected chi connectivity index (χ3v) is 6.60. The van der Waals surface area contributed by atoms with E-state index in [9.17, 15) is 4.79 Å². The van der Waals surface area contributed by atoms with Gasteiger partial charge in [-0.1, -0.05) is 42.8 Å². The number of amides is 1. The third kappa shape index (κ3) is 7.59. The fourth-order valence-corrected chi connectivity index (χ4v) is 4.51. The predicted molar refractivity (Wildman–Crippen MR) is 148 cm³/mol. The number of para-hydroxylation sites is 2. The lowest BCUT2D eigenvalue weighted by atomic mass is 10.1. The molecule has 6 heteroatoms. The molecule has 0 atom stereocenters. The second kappa shape index (κ2) is 13.5. The first kappa shape index (κ1) is 26.3. The van der Waals surface area contributed by atoms with Crippen LogP contribution in [0.1, 0.15) is 42.6 Å². The number of unbranched alkanes of at least 4 members (excludes halogenated alkanes) is 2. The molecule has 1 heterocycles. The minimum Gasteiger partial charge on any atom is -0.497 e. The molecule has 3 aromatic carbocycles. The molecule has 0 fully saturated rings. The molecular weight excluding hydrogens is 462 g/mol. The summed E-state index contributed by atoms with van der Waals surface area (Å²) in [7, 11) is 1.66. The lowest BCUT2D eigenvalue weighted by Gasteiger charge is -2.11. The zero-order valence-electron chi connectivity index (χ0n) is 21.9. The van der Waals surface area contributed by atoms with Crippen LogP contribution >= 0.6 is 0 Å². The first-order valence-electron chi connectivity index (χ1n) is 13.2. The highest BCUT2D eigenvalue weighted by atomic mass is 16.5. The van der Waals surface area contributed by atoms with Gasteiger partial charge in [-0.2, -0.15) is 0 Å². The second-order valence-electron chi connectivity index (χ2n) is 9.31. The first-order chi connectivity index (χ1) is 18.1. The molecule has 0 aliphatic carbocycles. The van der Waals surface area contributed by atoms with Gasteiger partial charge in [0, 0.05) is 19.5 Å². The van der Waals surface area contributed by atoms with E-state index >= 15 is 0 Å². The second-order valence-corrected chi connectivity index (χ2v) is 9.31. The van der Waals surface area contributed by atoms with E-state index in [-0.39, 0.29) is 5.91 Å². The van der Waals surface area contributed by atoms with E-state index < -0.39 is 0 Å². The largest absolute Gasteiger partial charge is 0.497 e. The van der Waals surface area contributed by atoms with Crippen molar-refractivity contribution < 1.29 is 14.3 Å². The molecule has 1 amide bonds. The van der Waals surface area contributed by atoms with Gasteiger partial charge in [0.15, 0.2) is 0 Å². The number of ether oxygens (including phenoxy) is 2. The summed E-state index contributed by atoms with van der Waals surface area (Å²) < 4.78 is 13.5. The summed E-state index contributed by atoms with van der Waals surface area (Å²) in [6, 6.07) is 24.1. The van der Waals surface area contributed by atoms with Gasteiger partial charge in [0.25, 0.3) is 0 Å². The van der Waals surface area contributed by atoms with Crippen molar-refractivity contribution in [3.05, 3.63) is 89.7 Å². The fourth-order valence-electron chi connectivity index (χ4n) is 4.51. The van der Waals surface area contributed by atoms with Crippen molar-refractivity contribution in [2.75, 3.05) is 20.3 Å². The molecule has 0 saturated carbocycles. The van der Waals surface area contributed by atoms with Crippen LogP contribution in [0.5, 0.6) is 11.5 Å². The van der Waals surface area contributed by atoms with E-state index in [0.29, 0.717) is 19.6 Å². The molecule has 0 aliphatic rings. The van der Waals surface area contributed by atoms with Gasteiger partial charge in [-0.05, 0) is 73.7 Å². The molecule has 0 saturated heterocycles. The number of nitrogens with zero attached hydrogens (tertiary/aromatic N) is 2. The first-order valence-corrected chi connectivity index (χ1v) is 13.2. The van der Waals surface area contributed by atoms with Crippen LogP contribution in [0.3, 0.4) is 0 Å². The number of aromatic nitrogens is 2. The molecule has 1 N–H and O–H groups in total. The van der Waals surface area contributed by atoms with E-state index in [1.807, 2.05) is 61.5 Å². The van der Waals surface area contributed by atoms with Gasteiger partial charge in [-0.3, -0.25) is 4.79 Å². The van der Waals surface area contributed by atoms with Gasteiger partial charge >= 0.3 is 0 Å². The number of nitrogens with one attached hydrogen (secondary N) is 1. The maximum absolute atomic E-state index is 12.3. The van der Waals surface area contributed by atoms with E-state index in [2.05, 4.69) is 28.1 Å². The monoisotopic (exact) mass is 499 g/mol. The highest BCUT2D eigenvalue weighted by Crippen LogP contribution is 2.20. The average Bonchev–Trinajstić information content (AvgIpc) is 3.27. The number of carbonyl (C=O) groups is 1. The van der Waals surface area contributed by atoms with Crippen LogP contribution in [-0.4, -0.2) is 35.7 Å². The molecule has 0 spiro atoms. The highest BCUT2D eigenvalue weighted by molar-refractivity contribution is 5.78. The minimum absolute atomic E-state index is 0.0907. The standard InChI is InChI=1S/C31H37N3O3/c1-24-11-5-6-12-25(24)23-31(35)32-20-9-3-4-15-30-33-28-13-7-8-14-29(28)34(30)21-10-22-37-27-18-16-26(36-2)17-19-27/h5-8,11-14,16-19H,3-4,9-10,15,20-23H2,1-2H3,(H,32,35). The van der Waals surface area contributed by atoms with E-state index in [1.54, 1.807) is 7.11 Å². The molecule has 0 unspecified atom stereocenters. The van der Waals surface area contributed by atoms with Gasteiger partial charge in [0.2, 0.25) is 5.91 Å². The Labute approximate surface area is 219 Å². The molecule has 0 bridgehead atoms. The van der Waals surface area contributed by atoms with Crippen molar-refractivity contribution in [1.82, 2.24) is 14.9 Å². The number of rotatable bonds is 14. The zero-order valence-corrected chi connectivity index (χ0v) is 21.9. The summed E-state index contributed by atoms with van der Waals surface area (Å²) in [6.07, 6.45) is 5.32. The number of imidazole rings is 1. The van der Waals surface area contributed by atoms with Crippen LogP contribution < -0.4 is 14.8 Å². The molecule has 37 heavy (non-hydrogen) atoms. The smallest absolute Gasteiger partial charge is 0.224 e. The van der Waals surface area contributed by atoms with E-state index in [4.69, 9.17) is 14.5 Å². The summed E-state index contributed by atoms with van der Waals surface area (Å²) in [5.41, 5.74) is 4.46. The third-order valence-electron chi connectivity index (χ3n) is 6.60. The quantitative estimate of drug-likeness (QED) is 0.220. The predicted octanol–water partition coefficient (Wildman–Crippen LogP) is 5.89. The van der Waals surface area contributed by atoms with Crippen LogP contribution in [0.25, 0.3) is 11.0 Å². The fraction of sp³-hybridized carbons (Fsp3) is 0.355. The Morgan fingerprint density at radius 1 is 0.892 bits per heavy atom. The van der Waals surface area contributed by atoms with Gasteiger partial charge < -0.3 is 19.4 Å². The van der Waals surface area contributed by atoms with Gasteiger partial charge in [-0.25, -0.2) is 4.98 Å². The Hall–Kier alpha value is -3.80. The number of hydrogen-bond acceptors (Lipinski definition) is 4. The Morgan fingerprint density at radius 2 is 1.65 bits per heavy atom. The van der Waals surface area contributed by atoms with Crippen molar-refractivity contribution in [2.24, 2.45) is 0 Å². The number of methoxy groups -OCH3 is 1. The van der Waals surface area contributed by atoms with E-state index in [0.717, 1.165) is 72.6 Å². The molecule has 0 aliphatic heterocycles. The topological polar surface area (TPSA) is 65.4 Å². The van der Waals surface area contributed by atoms with Gasteiger partial charge in [0.1, 0.15) is 17.3 Å². The zero-order chi connectivity index (χ0) is 25.9. The molecule has 6 nitrogen and oxygen atoms in total. The lowest BCUT2D eigenvalue weighted by Crippen LogP contribution is -2.26. The highest BCUT2D eigenvalue weighted by Gasteiger charge is 2.10. The van der Waals surface area contributed by atoms with Crippen molar-refractivity contribution in [3.63, 3.8) is 0 Å². The number of fused-ring (bicyclic) bond motifs is 1. The van der Waals surface area contributed by atoms with E-state index in [1.165, 1.54) is 5.52 Å². The van der Waals surface area contributed by atoms with Crippen LogP contribution in [0.2, 0.25) is 0 Å². The summed E-state index contributed by atoms with van der Waals surface area (Å²) in [5, 5.41) is 3.06. The number of benzene rings is 3. The van der Waals surface area contributed by atoms with Crippen molar-refractivity contribution >= 4 is 16.9 Å². The molecule has 194 valence electrons. The van der Waals surface area contributed by atoms with Gasteiger partial charge in [-0.15, -0.1) is 0 Å². The Balaban J connectivity index is 1.21. The summed E-state index contributed by atoms with van der Waals surface area (Å²) >= 11 is 0. The van der Waals surface area contributed by atoms with Crippen LogP contribution in [0.15, 0.2) is 72.8 Å². The average molecular weight is 500 g/mol. The summed E-state index contributed by atoms with van der Waals surface area (Å²) in [5.74, 6) is 2.89. The van der Waals surface area contributed by atoms with Gasteiger partial charge in [0.05, 0.1) is 31.2 Å². The number of carbonyl (C=O) groups excluding carboxylic acids is 1. The SMILES string of the molecule is COc1ccc(OCCCn2c(CCCCCNC(=O)Cc3ccccc3C)nc3ccccc32)cc1. The molecule has 4 rings (SSSR count). The van der Waals surface area contributed by atoms with Crippen LogP contribution in [-0.2, 0) is 24.2 Å². The Kier molecular flexibility index (Phi) is 9.58. The van der Waals surface area contributed by atoms with Crippen LogP contribution in [0.4, 0.5) is 0 Å². The lowest BCUT2D eigenvalue weighted by molar-refractivity contribution is -0.120.